The highest BCUT2D eigenvalue weighted by Crippen LogP contribution is 2.38. The van der Waals surface area contributed by atoms with Crippen molar-refractivity contribution in [3.8, 4) is 11.5 Å². The third-order valence-electron chi connectivity index (χ3n) is 4.41. The van der Waals surface area contributed by atoms with Crippen LogP contribution in [0.5, 0.6) is 11.5 Å². The van der Waals surface area contributed by atoms with Crippen molar-refractivity contribution in [2.75, 3.05) is 33.2 Å². The van der Waals surface area contributed by atoms with Crippen LogP contribution >= 0.6 is 11.6 Å². The number of benzene rings is 1. The van der Waals surface area contributed by atoms with Crippen LogP contribution in [0.4, 0.5) is 4.79 Å². The number of alkyl halides is 1. The Bertz CT molecular complexity index is 747. The number of urea groups is 1. The highest BCUT2D eigenvalue weighted by Gasteiger charge is 2.34. The topological polar surface area (TPSA) is 55.7 Å². The van der Waals surface area contributed by atoms with Crippen LogP contribution in [-0.2, 0) is 6.54 Å². The molecular weight excluding hydrogens is 342 g/mol. The van der Waals surface area contributed by atoms with Gasteiger partial charge < -0.3 is 24.3 Å². The first-order valence-electron chi connectivity index (χ1n) is 8.17. The molecule has 1 aromatic carbocycles. The first-order chi connectivity index (χ1) is 12.2. The number of halogens is 1. The lowest BCUT2D eigenvalue weighted by atomic mass is 9.99. The summed E-state index contributed by atoms with van der Waals surface area (Å²) in [6.45, 7) is 1.80. The number of hydrogen-bond acceptors (Lipinski definition) is 3. The second-order valence-electron chi connectivity index (χ2n) is 5.75. The summed E-state index contributed by atoms with van der Waals surface area (Å²) >= 11 is 5.71. The van der Waals surface area contributed by atoms with Crippen LogP contribution in [0.3, 0.4) is 0 Å². The lowest BCUT2D eigenvalue weighted by Crippen LogP contribution is -2.47. The lowest BCUT2D eigenvalue weighted by molar-refractivity contribution is 0.168. The molecule has 0 unspecified atom stereocenters. The molecule has 0 radical (unpaired) electrons. The molecule has 0 aliphatic carbocycles. The molecule has 6 nitrogen and oxygen atoms in total. The fourth-order valence-corrected chi connectivity index (χ4v) is 3.32. The summed E-state index contributed by atoms with van der Waals surface area (Å²) < 4.78 is 13.0. The van der Waals surface area contributed by atoms with Gasteiger partial charge in [-0.05, 0) is 24.3 Å². The van der Waals surface area contributed by atoms with E-state index >= 15 is 0 Å². The number of aromatic nitrogens is 1. The Morgan fingerprint density at radius 2 is 2.12 bits per heavy atom. The minimum Gasteiger partial charge on any atom is -0.497 e. The standard InChI is InChI=1S/C18H22ClN3O3/c1-24-13-5-6-14(16(12-13)25-2)17-15-4-3-9-21(15)10-11-22(17)18(23)20-8-7-19/h3-6,9,12,17H,7-8,10-11H2,1-2H3,(H,20,23)/t17-/m0/s1. The maximum atomic E-state index is 12.7. The van der Waals surface area contributed by atoms with Crippen molar-refractivity contribution in [1.29, 1.82) is 0 Å². The molecule has 0 spiro atoms. The van der Waals surface area contributed by atoms with Gasteiger partial charge in [0.05, 0.1) is 14.2 Å². The van der Waals surface area contributed by atoms with Gasteiger partial charge in [-0.15, -0.1) is 11.6 Å². The van der Waals surface area contributed by atoms with Gasteiger partial charge in [0.2, 0.25) is 0 Å². The van der Waals surface area contributed by atoms with Crippen molar-refractivity contribution in [2.45, 2.75) is 12.6 Å². The number of fused-ring (bicyclic) bond motifs is 1. The molecule has 2 heterocycles. The van der Waals surface area contributed by atoms with E-state index in [0.29, 0.717) is 30.5 Å². The van der Waals surface area contributed by atoms with Crippen molar-refractivity contribution in [1.82, 2.24) is 14.8 Å². The number of nitrogens with zero attached hydrogens (tertiary/aromatic N) is 2. The van der Waals surface area contributed by atoms with Gasteiger partial charge in [0, 0.05) is 49.0 Å². The summed E-state index contributed by atoms with van der Waals surface area (Å²) in [5.74, 6) is 1.78. The van der Waals surface area contributed by atoms with Crippen LogP contribution in [0.25, 0.3) is 0 Å². The number of nitrogens with one attached hydrogen (secondary N) is 1. The van der Waals surface area contributed by atoms with Crippen LogP contribution in [0.15, 0.2) is 36.5 Å². The number of hydrogen-bond donors (Lipinski definition) is 1. The highest BCUT2D eigenvalue weighted by atomic mass is 35.5. The zero-order valence-corrected chi connectivity index (χ0v) is 15.1. The fraction of sp³-hybridized carbons (Fsp3) is 0.389. The van der Waals surface area contributed by atoms with Crippen LogP contribution in [0.1, 0.15) is 17.3 Å². The molecule has 1 N–H and O–H groups in total. The lowest BCUT2D eigenvalue weighted by Gasteiger charge is -2.37. The second kappa shape index (κ2) is 7.70. The molecule has 1 aromatic heterocycles. The quantitative estimate of drug-likeness (QED) is 0.831. The van der Waals surface area contributed by atoms with Crippen LogP contribution in [-0.4, -0.2) is 48.7 Å². The van der Waals surface area contributed by atoms with E-state index in [0.717, 1.165) is 17.8 Å². The van der Waals surface area contributed by atoms with Gasteiger partial charge in [0.15, 0.2) is 0 Å². The van der Waals surface area contributed by atoms with Crippen molar-refractivity contribution >= 4 is 17.6 Å². The number of carbonyl (C=O) groups excluding carboxylic acids is 1. The van der Waals surface area contributed by atoms with E-state index in [4.69, 9.17) is 21.1 Å². The van der Waals surface area contributed by atoms with E-state index in [1.807, 2.05) is 41.4 Å². The predicted octanol–water partition coefficient (Wildman–Crippen LogP) is 2.86. The molecule has 3 rings (SSSR count). The molecule has 0 saturated carbocycles. The Morgan fingerprint density at radius 3 is 2.84 bits per heavy atom. The smallest absolute Gasteiger partial charge is 0.318 e. The highest BCUT2D eigenvalue weighted by molar-refractivity contribution is 6.18. The van der Waals surface area contributed by atoms with E-state index < -0.39 is 0 Å². The summed E-state index contributed by atoms with van der Waals surface area (Å²) in [6.07, 6.45) is 2.03. The number of ether oxygens (including phenoxy) is 2. The van der Waals surface area contributed by atoms with Crippen LogP contribution in [0, 0.1) is 0 Å². The monoisotopic (exact) mass is 363 g/mol. The van der Waals surface area contributed by atoms with Gasteiger partial charge in [-0.1, -0.05) is 0 Å². The van der Waals surface area contributed by atoms with Gasteiger partial charge in [-0.2, -0.15) is 0 Å². The Hall–Kier alpha value is -2.34. The minimum absolute atomic E-state index is 0.129. The number of rotatable bonds is 5. The van der Waals surface area contributed by atoms with Gasteiger partial charge in [0.25, 0.3) is 0 Å². The van der Waals surface area contributed by atoms with Crippen molar-refractivity contribution in [2.24, 2.45) is 0 Å². The zero-order valence-electron chi connectivity index (χ0n) is 14.4. The fourth-order valence-electron chi connectivity index (χ4n) is 3.23. The normalized spacial score (nSPS) is 16.3. The van der Waals surface area contributed by atoms with Crippen molar-refractivity contribution in [3.05, 3.63) is 47.8 Å². The molecule has 1 atom stereocenters. The molecule has 134 valence electrons. The van der Waals surface area contributed by atoms with Crippen molar-refractivity contribution in [3.63, 3.8) is 0 Å². The summed E-state index contributed by atoms with van der Waals surface area (Å²) in [4.78, 5) is 14.5. The van der Waals surface area contributed by atoms with Crippen molar-refractivity contribution < 1.29 is 14.3 Å². The number of carbonyl (C=O) groups is 1. The Kier molecular flexibility index (Phi) is 5.38. The first kappa shape index (κ1) is 17.5. The van der Waals surface area contributed by atoms with Crippen LogP contribution < -0.4 is 14.8 Å². The summed E-state index contributed by atoms with van der Waals surface area (Å²) in [5.41, 5.74) is 1.97. The maximum Gasteiger partial charge on any atom is 0.318 e. The summed E-state index contributed by atoms with van der Waals surface area (Å²) in [6, 6.07) is 9.34. The molecule has 2 aromatic rings. The maximum absolute atomic E-state index is 12.7. The minimum atomic E-state index is -0.236. The number of amides is 2. The van der Waals surface area contributed by atoms with E-state index in [1.165, 1.54) is 0 Å². The van der Waals surface area contributed by atoms with Crippen LogP contribution in [0.2, 0.25) is 0 Å². The predicted molar refractivity (Wildman–Crippen MR) is 96.6 cm³/mol. The largest absolute Gasteiger partial charge is 0.497 e. The van der Waals surface area contributed by atoms with Gasteiger partial charge >= 0.3 is 6.03 Å². The molecule has 7 heteroatoms. The molecule has 0 saturated heterocycles. The second-order valence-corrected chi connectivity index (χ2v) is 6.13. The molecule has 25 heavy (non-hydrogen) atoms. The van der Waals surface area contributed by atoms with Gasteiger partial charge in [-0.25, -0.2) is 4.79 Å². The Morgan fingerprint density at radius 1 is 1.28 bits per heavy atom. The van der Waals surface area contributed by atoms with E-state index in [1.54, 1.807) is 14.2 Å². The molecule has 1 aliphatic heterocycles. The van der Waals surface area contributed by atoms with E-state index in [2.05, 4.69) is 9.88 Å². The van der Waals surface area contributed by atoms with Gasteiger partial charge in [0.1, 0.15) is 17.5 Å². The van der Waals surface area contributed by atoms with E-state index in [9.17, 15) is 4.79 Å². The Balaban J connectivity index is 2.04. The third-order valence-corrected chi connectivity index (χ3v) is 4.59. The third kappa shape index (κ3) is 3.39. The SMILES string of the molecule is COc1ccc([C@H]2c3cccn3CCN2C(=O)NCCCl)c(OC)c1. The zero-order chi connectivity index (χ0) is 17.8. The average Bonchev–Trinajstić information content (AvgIpc) is 3.13. The summed E-state index contributed by atoms with van der Waals surface area (Å²) in [5, 5.41) is 2.87. The molecular formula is C18H22ClN3O3. The van der Waals surface area contributed by atoms with Gasteiger partial charge in [-0.3, -0.25) is 0 Å². The number of methoxy groups -OCH3 is 2. The average molecular weight is 364 g/mol. The summed E-state index contributed by atoms with van der Waals surface area (Å²) in [7, 11) is 3.24. The molecule has 0 bridgehead atoms. The van der Waals surface area contributed by atoms with E-state index in [-0.39, 0.29) is 12.1 Å². The molecule has 2 amide bonds. The Labute approximate surface area is 152 Å². The molecule has 0 fully saturated rings. The molecule has 1 aliphatic rings. The first-order valence-corrected chi connectivity index (χ1v) is 8.70.